The van der Waals surface area contributed by atoms with Gasteiger partial charge in [-0.25, -0.2) is 4.98 Å². The third-order valence-corrected chi connectivity index (χ3v) is 4.57. The van der Waals surface area contributed by atoms with Crippen LogP contribution in [0.15, 0.2) is 30.3 Å². The lowest BCUT2D eigenvalue weighted by Crippen LogP contribution is -2.33. The first-order chi connectivity index (χ1) is 11.6. The summed E-state index contributed by atoms with van der Waals surface area (Å²) in [6.07, 6.45) is 2.18. The van der Waals surface area contributed by atoms with Crippen LogP contribution in [0.4, 0.5) is 5.69 Å². The third kappa shape index (κ3) is 4.13. The van der Waals surface area contributed by atoms with Gasteiger partial charge in [0.15, 0.2) is 5.82 Å². The van der Waals surface area contributed by atoms with E-state index in [0.717, 1.165) is 31.9 Å². The number of para-hydroxylation sites is 1. The molecule has 1 aliphatic rings. The maximum atomic E-state index is 12.3. The van der Waals surface area contributed by atoms with Gasteiger partial charge in [-0.1, -0.05) is 18.2 Å². The molecule has 24 heavy (non-hydrogen) atoms. The molecular formula is C18H25N5O. The molecule has 0 radical (unpaired) electrons. The highest BCUT2D eigenvalue weighted by molar-refractivity contribution is 5.76. The van der Waals surface area contributed by atoms with Crippen molar-refractivity contribution < 1.29 is 4.79 Å². The first-order valence-corrected chi connectivity index (χ1v) is 8.53. The number of amides is 1. The lowest BCUT2D eigenvalue weighted by Gasteiger charge is -2.22. The average molecular weight is 327 g/mol. The topological polar surface area (TPSA) is 65.1 Å². The zero-order valence-electron chi connectivity index (χ0n) is 14.4. The maximum Gasteiger partial charge on any atom is 0.222 e. The van der Waals surface area contributed by atoms with Gasteiger partial charge in [-0.05, 0) is 31.4 Å². The standard InChI is InChI=1S/C18H25N5O/c1-14-19-17(21-20-14)8-9-18(24)22(2)12-15-10-11-23(13-15)16-6-4-3-5-7-16/h3-7,15H,8-13H2,1-2H3,(H,19,20,21). The van der Waals surface area contributed by atoms with Gasteiger partial charge in [0.25, 0.3) is 0 Å². The number of hydrogen-bond acceptors (Lipinski definition) is 4. The van der Waals surface area contributed by atoms with Crippen LogP contribution >= 0.6 is 0 Å². The summed E-state index contributed by atoms with van der Waals surface area (Å²) in [7, 11) is 1.90. The Bertz CT molecular complexity index is 669. The Morgan fingerprint density at radius 1 is 1.38 bits per heavy atom. The lowest BCUT2D eigenvalue weighted by atomic mass is 10.1. The molecule has 1 saturated heterocycles. The lowest BCUT2D eigenvalue weighted by molar-refractivity contribution is -0.130. The Balaban J connectivity index is 1.44. The molecule has 6 heteroatoms. The van der Waals surface area contributed by atoms with E-state index in [1.165, 1.54) is 5.69 Å². The van der Waals surface area contributed by atoms with Gasteiger partial charge in [-0.2, -0.15) is 5.10 Å². The Morgan fingerprint density at radius 3 is 2.88 bits per heavy atom. The monoisotopic (exact) mass is 327 g/mol. The highest BCUT2D eigenvalue weighted by Crippen LogP contribution is 2.24. The number of nitrogens with zero attached hydrogens (tertiary/aromatic N) is 4. The van der Waals surface area contributed by atoms with Gasteiger partial charge >= 0.3 is 0 Å². The van der Waals surface area contributed by atoms with E-state index in [-0.39, 0.29) is 5.91 Å². The second kappa shape index (κ2) is 7.47. The fraction of sp³-hybridized carbons (Fsp3) is 0.500. The fourth-order valence-corrected chi connectivity index (χ4v) is 3.25. The molecule has 1 aliphatic heterocycles. The van der Waals surface area contributed by atoms with Crippen LogP contribution in [0.3, 0.4) is 0 Å². The number of H-pyrrole nitrogens is 1. The summed E-state index contributed by atoms with van der Waals surface area (Å²) in [6, 6.07) is 10.5. The van der Waals surface area contributed by atoms with Gasteiger partial charge in [-0.15, -0.1) is 0 Å². The van der Waals surface area contributed by atoms with E-state index < -0.39 is 0 Å². The Hall–Kier alpha value is -2.37. The number of benzene rings is 1. The van der Waals surface area contributed by atoms with Crippen LogP contribution in [0.25, 0.3) is 0 Å². The number of aryl methyl sites for hydroxylation is 2. The van der Waals surface area contributed by atoms with Gasteiger partial charge in [0, 0.05) is 45.2 Å². The van der Waals surface area contributed by atoms with Crippen LogP contribution in [0.2, 0.25) is 0 Å². The van der Waals surface area contributed by atoms with Crippen LogP contribution in [0.5, 0.6) is 0 Å². The minimum absolute atomic E-state index is 0.163. The third-order valence-electron chi connectivity index (χ3n) is 4.57. The summed E-state index contributed by atoms with van der Waals surface area (Å²) < 4.78 is 0. The molecule has 0 saturated carbocycles. The number of nitrogens with one attached hydrogen (secondary N) is 1. The largest absolute Gasteiger partial charge is 0.371 e. The number of carbonyl (C=O) groups is 1. The first-order valence-electron chi connectivity index (χ1n) is 8.53. The van der Waals surface area contributed by atoms with Crippen molar-refractivity contribution in [1.29, 1.82) is 0 Å². The van der Waals surface area contributed by atoms with E-state index in [2.05, 4.69) is 44.3 Å². The van der Waals surface area contributed by atoms with Crippen LogP contribution in [0.1, 0.15) is 24.5 Å². The van der Waals surface area contributed by atoms with Crippen LogP contribution in [0, 0.1) is 12.8 Å². The zero-order valence-corrected chi connectivity index (χ0v) is 14.4. The smallest absolute Gasteiger partial charge is 0.222 e. The minimum Gasteiger partial charge on any atom is -0.371 e. The highest BCUT2D eigenvalue weighted by Gasteiger charge is 2.25. The van der Waals surface area contributed by atoms with Gasteiger partial charge < -0.3 is 9.80 Å². The molecular weight excluding hydrogens is 302 g/mol. The molecule has 0 spiro atoms. The van der Waals surface area contributed by atoms with Crippen molar-refractivity contribution in [1.82, 2.24) is 20.1 Å². The van der Waals surface area contributed by atoms with Gasteiger partial charge in [0.2, 0.25) is 5.91 Å². The summed E-state index contributed by atoms with van der Waals surface area (Å²) in [4.78, 5) is 20.8. The number of rotatable bonds is 6. The Kier molecular flexibility index (Phi) is 5.13. The molecule has 0 bridgehead atoms. The van der Waals surface area contributed by atoms with Crippen LogP contribution < -0.4 is 4.90 Å². The average Bonchev–Trinajstić information content (AvgIpc) is 3.22. The van der Waals surface area contributed by atoms with E-state index in [9.17, 15) is 4.79 Å². The predicted octanol–water partition coefficient (Wildman–Crippen LogP) is 2.03. The van der Waals surface area contributed by atoms with Crippen LogP contribution in [-0.2, 0) is 11.2 Å². The summed E-state index contributed by atoms with van der Waals surface area (Å²) in [5.41, 5.74) is 1.27. The molecule has 1 aromatic carbocycles. The summed E-state index contributed by atoms with van der Waals surface area (Å²) in [5.74, 6) is 2.20. The zero-order chi connectivity index (χ0) is 16.9. The molecule has 1 amide bonds. The number of carbonyl (C=O) groups excluding carboxylic acids is 1. The van der Waals surface area contributed by atoms with E-state index in [0.29, 0.717) is 24.6 Å². The van der Waals surface area contributed by atoms with E-state index in [4.69, 9.17) is 0 Å². The molecule has 2 aromatic rings. The second-order valence-corrected chi connectivity index (χ2v) is 6.55. The van der Waals surface area contributed by atoms with E-state index in [1.807, 2.05) is 24.9 Å². The minimum atomic E-state index is 0.163. The molecule has 0 aliphatic carbocycles. The Morgan fingerprint density at radius 2 is 2.17 bits per heavy atom. The van der Waals surface area contributed by atoms with Gasteiger partial charge in [0.05, 0.1) is 0 Å². The maximum absolute atomic E-state index is 12.3. The van der Waals surface area contributed by atoms with E-state index >= 15 is 0 Å². The molecule has 3 rings (SSSR count). The SMILES string of the molecule is Cc1nc(CCC(=O)N(C)CC2CCN(c3ccccc3)C2)n[nH]1. The number of hydrogen-bond donors (Lipinski definition) is 1. The van der Waals surface area contributed by atoms with E-state index in [1.54, 1.807) is 0 Å². The van der Waals surface area contributed by atoms with Crippen molar-refractivity contribution in [3.05, 3.63) is 42.0 Å². The summed E-state index contributed by atoms with van der Waals surface area (Å²) in [5, 5.41) is 6.89. The number of aromatic nitrogens is 3. The molecule has 6 nitrogen and oxygen atoms in total. The fourth-order valence-electron chi connectivity index (χ4n) is 3.25. The number of anilines is 1. The first kappa shape index (κ1) is 16.5. The van der Waals surface area contributed by atoms with Crippen LogP contribution in [-0.4, -0.2) is 52.7 Å². The highest BCUT2D eigenvalue weighted by atomic mass is 16.2. The quantitative estimate of drug-likeness (QED) is 0.882. The number of aromatic amines is 1. The van der Waals surface area contributed by atoms with Crippen molar-refractivity contribution in [2.24, 2.45) is 5.92 Å². The van der Waals surface area contributed by atoms with Gasteiger partial charge in [-0.3, -0.25) is 9.89 Å². The summed E-state index contributed by atoms with van der Waals surface area (Å²) in [6.45, 7) is 4.76. The molecule has 1 N–H and O–H groups in total. The molecule has 1 aromatic heterocycles. The second-order valence-electron chi connectivity index (χ2n) is 6.55. The van der Waals surface area contributed by atoms with Crippen molar-refractivity contribution in [3.8, 4) is 0 Å². The molecule has 128 valence electrons. The predicted molar refractivity (Wildman–Crippen MR) is 93.8 cm³/mol. The van der Waals surface area contributed by atoms with Crippen molar-refractivity contribution in [2.75, 3.05) is 31.6 Å². The molecule has 1 fully saturated rings. The van der Waals surface area contributed by atoms with Crippen molar-refractivity contribution in [2.45, 2.75) is 26.2 Å². The molecule has 1 unspecified atom stereocenters. The van der Waals surface area contributed by atoms with Crippen molar-refractivity contribution in [3.63, 3.8) is 0 Å². The Labute approximate surface area is 142 Å². The van der Waals surface area contributed by atoms with Crippen molar-refractivity contribution >= 4 is 11.6 Å². The summed E-state index contributed by atoms with van der Waals surface area (Å²) >= 11 is 0. The normalized spacial score (nSPS) is 17.2. The van der Waals surface area contributed by atoms with Gasteiger partial charge in [0.1, 0.15) is 5.82 Å². The molecule has 1 atom stereocenters. The molecule has 2 heterocycles.